The Balaban J connectivity index is 1.28. The monoisotopic (exact) mass is 486 g/mol. The number of esters is 1. The van der Waals surface area contributed by atoms with Crippen LogP contribution in [0.4, 0.5) is 5.13 Å². The Morgan fingerprint density at radius 1 is 0.970 bits per heavy atom. The summed E-state index contributed by atoms with van der Waals surface area (Å²) in [6.07, 6.45) is 1.76. The minimum absolute atomic E-state index is 0.198. The number of likely N-dealkylation sites (N-methyl/N-ethyl adjacent to an activating group) is 1. The molecule has 0 saturated carbocycles. The fourth-order valence-electron chi connectivity index (χ4n) is 4.10. The standard InChI is InChI=1S/C23H26N4O4S2/c1-25-12-14-26(15-13-25)23-24-20-9-6-18(16-21(20)32-23)31-22(28)17-4-7-19(8-5-17)33(29,30)27-10-2-3-11-27/h4-9,16H,2-3,10-15H2,1H3. The molecule has 2 saturated heterocycles. The third-order valence-corrected chi connectivity index (χ3v) is 9.12. The number of nitrogens with zero attached hydrogens (tertiary/aromatic N) is 4. The second-order valence-corrected chi connectivity index (χ2v) is 11.4. The largest absolute Gasteiger partial charge is 0.423 e. The zero-order valence-electron chi connectivity index (χ0n) is 18.4. The number of thiazole rings is 1. The second kappa shape index (κ2) is 9.02. The van der Waals surface area contributed by atoms with Gasteiger partial charge in [0.15, 0.2) is 5.13 Å². The van der Waals surface area contributed by atoms with Gasteiger partial charge in [0, 0.05) is 45.3 Å². The van der Waals surface area contributed by atoms with Crippen LogP contribution in [0.2, 0.25) is 0 Å². The highest BCUT2D eigenvalue weighted by Crippen LogP contribution is 2.32. The molecule has 0 N–H and O–H groups in total. The Morgan fingerprint density at radius 2 is 1.67 bits per heavy atom. The van der Waals surface area contributed by atoms with Gasteiger partial charge in [0.05, 0.1) is 20.7 Å². The Morgan fingerprint density at radius 3 is 2.36 bits per heavy atom. The molecule has 1 aromatic heterocycles. The number of sulfonamides is 1. The van der Waals surface area contributed by atoms with Gasteiger partial charge in [-0.3, -0.25) is 0 Å². The minimum Gasteiger partial charge on any atom is -0.423 e. The summed E-state index contributed by atoms with van der Waals surface area (Å²) in [5, 5.41) is 0.983. The molecule has 0 radical (unpaired) electrons. The predicted molar refractivity (Wildman–Crippen MR) is 129 cm³/mol. The maximum Gasteiger partial charge on any atom is 0.343 e. The van der Waals surface area contributed by atoms with Gasteiger partial charge >= 0.3 is 5.97 Å². The van der Waals surface area contributed by atoms with E-state index in [1.807, 2.05) is 12.1 Å². The van der Waals surface area contributed by atoms with E-state index in [1.165, 1.54) is 28.6 Å². The minimum atomic E-state index is -3.51. The van der Waals surface area contributed by atoms with Crippen LogP contribution in [0.5, 0.6) is 5.75 Å². The van der Waals surface area contributed by atoms with Crippen LogP contribution in [0.1, 0.15) is 23.2 Å². The first-order chi connectivity index (χ1) is 15.9. The number of benzene rings is 2. The van der Waals surface area contributed by atoms with E-state index in [2.05, 4.69) is 16.8 Å². The van der Waals surface area contributed by atoms with Crippen molar-refractivity contribution in [3.05, 3.63) is 48.0 Å². The van der Waals surface area contributed by atoms with Crippen molar-refractivity contribution >= 4 is 42.7 Å². The van der Waals surface area contributed by atoms with Crippen LogP contribution in [0.25, 0.3) is 10.2 Å². The molecule has 10 heteroatoms. The molecule has 0 unspecified atom stereocenters. The number of piperazine rings is 1. The summed E-state index contributed by atoms with van der Waals surface area (Å²) >= 11 is 1.59. The van der Waals surface area contributed by atoms with Crippen molar-refractivity contribution in [1.82, 2.24) is 14.2 Å². The van der Waals surface area contributed by atoms with E-state index >= 15 is 0 Å². The zero-order valence-corrected chi connectivity index (χ0v) is 20.1. The SMILES string of the molecule is CN1CCN(c2nc3ccc(OC(=O)c4ccc(S(=O)(=O)N5CCCC5)cc4)cc3s2)CC1. The Kier molecular flexibility index (Phi) is 6.09. The molecule has 2 aliphatic heterocycles. The van der Waals surface area contributed by atoms with Gasteiger partial charge in [-0.25, -0.2) is 18.2 Å². The highest BCUT2D eigenvalue weighted by molar-refractivity contribution is 7.89. The molecule has 0 aliphatic carbocycles. The van der Waals surface area contributed by atoms with Crippen LogP contribution in [0.15, 0.2) is 47.4 Å². The van der Waals surface area contributed by atoms with E-state index < -0.39 is 16.0 Å². The third-order valence-electron chi connectivity index (χ3n) is 6.13. The van der Waals surface area contributed by atoms with Crippen LogP contribution in [-0.4, -0.2) is 74.9 Å². The van der Waals surface area contributed by atoms with Gasteiger partial charge in [-0.1, -0.05) is 11.3 Å². The Bertz CT molecular complexity index is 1260. The number of aromatic nitrogens is 1. The Labute approximate surface area is 197 Å². The molecule has 33 heavy (non-hydrogen) atoms. The molecule has 2 fully saturated rings. The van der Waals surface area contributed by atoms with Gasteiger partial charge in [-0.15, -0.1) is 0 Å². The van der Waals surface area contributed by atoms with Crippen molar-refractivity contribution in [3.8, 4) is 5.75 Å². The predicted octanol–water partition coefficient (Wildman–Crippen LogP) is 3.05. The lowest BCUT2D eigenvalue weighted by molar-refractivity contribution is 0.0735. The Hall–Kier alpha value is -2.53. The molecule has 5 rings (SSSR count). The molecule has 3 aromatic rings. The summed E-state index contributed by atoms with van der Waals surface area (Å²) in [5.41, 5.74) is 1.18. The van der Waals surface area contributed by atoms with Crippen molar-refractivity contribution in [2.45, 2.75) is 17.7 Å². The third kappa shape index (κ3) is 4.61. The van der Waals surface area contributed by atoms with Crippen molar-refractivity contribution in [2.24, 2.45) is 0 Å². The molecule has 3 heterocycles. The molecule has 8 nitrogen and oxygen atoms in total. The smallest absolute Gasteiger partial charge is 0.343 e. The van der Waals surface area contributed by atoms with E-state index in [0.717, 1.165) is 54.4 Å². The number of hydrogen-bond acceptors (Lipinski definition) is 8. The van der Waals surface area contributed by atoms with E-state index in [1.54, 1.807) is 17.4 Å². The normalized spacial score (nSPS) is 18.2. The van der Waals surface area contributed by atoms with Crippen LogP contribution in [0, 0.1) is 0 Å². The number of hydrogen-bond donors (Lipinski definition) is 0. The fraction of sp³-hybridized carbons (Fsp3) is 0.391. The quantitative estimate of drug-likeness (QED) is 0.405. The van der Waals surface area contributed by atoms with E-state index in [0.29, 0.717) is 24.4 Å². The van der Waals surface area contributed by atoms with Crippen molar-refractivity contribution in [2.75, 3.05) is 51.2 Å². The number of carbonyl (C=O) groups is 1. The molecule has 0 bridgehead atoms. The van der Waals surface area contributed by atoms with Crippen molar-refractivity contribution < 1.29 is 17.9 Å². The summed E-state index contributed by atoms with van der Waals surface area (Å²) in [7, 11) is -1.38. The maximum atomic E-state index is 12.7. The van der Waals surface area contributed by atoms with Crippen LogP contribution in [0.3, 0.4) is 0 Å². The molecule has 0 amide bonds. The molecular weight excluding hydrogens is 460 g/mol. The lowest BCUT2D eigenvalue weighted by atomic mass is 10.2. The molecule has 2 aliphatic rings. The first-order valence-corrected chi connectivity index (χ1v) is 13.3. The van der Waals surface area contributed by atoms with Gasteiger partial charge in [0.1, 0.15) is 5.75 Å². The molecule has 0 atom stereocenters. The average Bonchev–Trinajstić information content (AvgIpc) is 3.50. The number of anilines is 1. The summed E-state index contributed by atoms with van der Waals surface area (Å²) in [4.78, 5) is 22.2. The fourth-order valence-corrected chi connectivity index (χ4v) is 6.66. The lowest BCUT2D eigenvalue weighted by Crippen LogP contribution is -2.44. The van der Waals surface area contributed by atoms with Gasteiger partial charge in [-0.2, -0.15) is 4.31 Å². The number of carbonyl (C=O) groups excluding carboxylic acids is 1. The topological polar surface area (TPSA) is 83.0 Å². The molecule has 174 valence electrons. The molecule has 0 spiro atoms. The highest BCUT2D eigenvalue weighted by Gasteiger charge is 2.27. The van der Waals surface area contributed by atoms with Crippen molar-refractivity contribution in [3.63, 3.8) is 0 Å². The van der Waals surface area contributed by atoms with Gasteiger partial charge in [0.25, 0.3) is 0 Å². The number of ether oxygens (including phenoxy) is 1. The van der Waals surface area contributed by atoms with E-state index in [-0.39, 0.29) is 4.90 Å². The first-order valence-electron chi connectivity index (χ1n) is 11.1. The number of fused-ring (bicyclic) bond motifs is 1. The maximum absolute atomic E-state index is 12.7. The van der Waals surface area contributed by atoms with Gasteiger partial charge < -0.3 is 14.5 Å². The van der Waals surface area contributed by atoms with Crippen LogP contribution in [-0.2, 0) is 10.0 Å². The van der Waals surface area contributed by atoms with Gasteiger partial charge in [-0.05, 0) is 56.3 Å². The summed E-state index contributed by atoms with van der Waals surface area (Å²) in [5.74, 6) is -0.0851. The second-order valence-electron chi connectivity index (χ2n) is 8.44. The van der Waals surface area contributed by atoms with Crippen LogP contribution < -0.4 is 9.64 Å². The first kappa shape index (κ1) is 22.3. The van der Waals surface area contributed by atoms with Crippen LogP contribution >= 0.6 is 11.3 Å². The molecule has 2 aromatic carbocycles. The summed E-state index contributed by atoms with van der Waals surface area (Å²) < 4.78 is 33.3. The van der Waals surface area contributed by atoms with Gasteiger partial charge in [0.2, 0.25) is 10.0 Å². The molecular formula is C23H26N4O4S2. The average molecular weight is 487 g/mol. The van der Waals surface area contributed by atoms with E-state index in [4.69, 9.17) is 9.72 Å². The summed E-state index contributed by atoms with van der Waals surface area (Å²) in [6, 6.07) is 11.4. The lowest BCUT2D eigenvalue weighted by Gasteiger charge is -2.31. The number of rotatable bonds is 5. The van der Waals surface area contributed by atoms with Crippen molar-refractivity contribution in [1.29, 1.82) is 0 Å². The summed E-state index contributed by atoms with van der Waals surface area (Å²) in [6.45, 7) is 5.00. The zero-order chi connectivity index (χ0) is 23.0. The van der Waals surface area contributed by atoms with E-state index in [9.17, 15) is 13.2 Å². The highest BCUT2D eigenvalue weighted by atomic mass is 32.2.